The predicted octanol–water partition coefficient (Wildman–Crippen LogP) is 2.34. The number of fused-ring (bicyclic) bond motifs is 1. The summed E-state index contributed by atoms with van der Waals surface area (Å²) < 4.78 is 13.1. The lowest BCUT2D eigenvalue weighted by Gasteiger charge is -2.08. The van der Waals surface area contributed by atoms with E-state index in [2.05, 4.69) is 21.4 Å². The highest BCUT2D eigenvalue weighted by Gasteiger charge is 2.06. The molecule has 1 atom stereocenters. The van der Waals surface area contributed by atoms with Crippen LogP contribution in [-0.4, -0.2) is 16.5 Å². The monoisotopic (exact) mass is 230 g/mol. The van der Waals surface area contributed by atoms with Gasteiger partial charge in [-0.3, -0.25) is 0 Å². The molecular weight excluding hydrogens is 219 g/mol. The van der Waals surface area contributed by atoms with Crippen molar-refractivity contribution in [2.45, 2.75) is 6.92 Å². The summed E-state index contributed by atoms with van der Waals surface area (Å²) in [6, 6.07) is 6.46. The predicted molar refractivity (Wildman–Crippen MR) is 62.8 cm³/mol. The Hall–Kier alpha value is -2.22. The topological polar surface area (TPSA) is 61.6 Å². The summed E-state index contributed by atoms with van der Waals surface area (Å²) in [7, 11) is 0. The highest BCUT2D eigenvalue weighted by molar-refractivity contribution is 5.88. The Kier molecular flexibility index (Phi) is 3.15. The second-order valence-corrected chi connectivity index (χ2v) is 3.79. The first kappa shape index (κ1) is 11.3. The van der Waals surface area contributed by atoms with Crippen LogP contribution in [0.1, 0.15) is 6.92 Å². The maximum atomic E-state index is 13.1. The van der Waals surface area contributed by atoms with Gasteiger partial charge in [0.15, 0.2) is 0 Å². The van der Waals surface area contributed by atoms with Crippen molar-refractivity contribution in [3.05, 3.63) is 30.3 Å². The molecule has 2 rings (SSSR count). The smallest absolute Gasteiger partial charge is 0.137 e. The van der Waals surface area contributed by atoms with Crippen LogP contribution in [0.25, 0.3) is 10.9 Å². The van der Waals surface area contributed by atoms with Crippen LogP contribution >= 0.6 is 0 Å². The van der Waals surface area contributed by atoms with E-state index in [0.29, 0.717) is 23.3 Å². The Labute approximate surface area is 98.1 Å². The SMILES string of the molecule is CC(C#N)CNc1ncnc2ccc(F)cc12. The lowest BCUT2D eigenvalue weighted by Crippen LogP contribution is -2.10. The molecule has 1 N–H and O–H groups in total. The maximum Gasteiger partial charge on any atom is 0.137 e. The molecule has 0 saturated carbocycles. The molecule has 4 nitrogen and oxygen atoms in total. The van der Waals surface area contributed by atoms with Crippen molar-refractivity contribution in [3.63, 3.8) is 0 Å². The molecule has 0 saturated heterocycles. The number of rotatable bonds is 3. The van der Waals surface area contributed by atoms with Gasteiger partial charge in [-0.2, -0.15) is 5.26 Å². The molecule has 0 bridgehead atoms. The number of nitrogens with zero attached hydrogens (tertiary/aromatic N) is 3. The van der Waals surface area contributed by atoms with Gasteiger partial charge in [0, 0.05) is 11.9 Å². The van der Waals surface area contributed by atoms with Gasteiger partial charge >= 0.3 is 0 Å². The number of benzene rings is 1. The number of hydrogen-bond acceptors (Lipinski definition) is 4. The standard InChI is InChI=1S/C12H11FN4/c1-8(5-14)6-15-12-10-4-9(13)2-3-11(10)16-7-17-12/h2-4,7-8H,6H2,1H3,(H,15,16,17). The Morgan fingerprint density at radius 3 is 3.06 bits per heavy atom. The van der Waals surface area contributed by atoms with Gasteiger partial charge in [-0.1, -0.05) is 0 Å². The zero-order valence-electron chi connectivity index (χ0n) is 9.31. The molecule has 0 radical (unpaired) electrons. The summed E-state index contributed by atoms with van der Waals surface area (Å²) in [6.45, 7) is 2.27. The molecule has 1 aromatic heterocycles. The van der Waals surface area contributed by atoms with Crippen LogP contribution in [0.15, 0.2) is 24.5 Å². The minimum atomic E-state index is -0.330. The first-order valence-corrected chi connectivity index (χ1v) is 5.24. The van der Waals surface area contributed by atoms with E-state index in [0.717, 1.165) is 0 Å². The number of hydrogen-bond donors (Lipinski definition) is 1. The van der Waals surface area contributed by atoms with Crippen LogP contribution < -0.4 is 5.32 Å². The fraction of sp³-hybridized carbons (Fsp3) is 0.250. The summed E-state index contributed by atoms with van der Waals surface area (Å²) in [4.78, 5) is 8.10. The number of nitrogens with one attached hydrogen (secondary N) is 1. The van der Waals surface area contributed by atoms with Crippen molar-refractivity contribution >= 4 is 16.7 Å². The number of aromatic nitrogens is 2. The van der Waals surface area contributed by atoms with Crippen molar-refractivity contribution < 1.29 is 4.39 Å². The molecular formula is C12H11FN4. The van der Waals surface area contributed by atoms with Crippen LogP contribution in [0.3, 0.4) is 0 Å². The molecule has 1 heterocycles. The van der Waals surface area contributed by atoms with Gasteiger partial charge in [-0.25, -0.2) is 14.4 Å². The van der Waals surface area contributed by atoms with E-state index in [1.807, 2.05) is 0 Å². The highest BCUT2D eigenvalue weighted by Crippen LogP contribution is 2.20. The van der Waals surface area contributed by atoms with Gasteiger partial charge < -0.3 is 5.32 Å². The normalized spacial score (nSPS) is 12.1. The van der Waals surface area contributed by atoms with Crippen molar-refractivity contribution in [1.82, 2.24) is 9.97 Å². The van der Waals surface area contributed by atoms with Crippen molar-refractivity contribution in [3.8, 4) is 6.07 Å². The summed E-state index contributed by atoms with van der Waals surface area (Å²) in [5.74, 6) is 0.0915. The van der Waals surface area contributed by atoms with Crippen molar-refractivity contribution in [2.75, 3.05) is 11.9 Å². The molecule has 1 unspecified atom stereocenters. The third-order valence-electron chi connectivity index (χ3n) is 2.39. The van der Waals surface area contributed by atoms with Crippen LogP contribution in [0.2, 0.25) is 0 Å². The number of anilines is 1. The molecule has 17 heavy (non-hydrogen) atoms. The minimum Gasteiger partial charge on any atom is -0.368 e. The van der Waals surface area contributed by atoms with Gasteiger partial charge in [-0.15, -0.1) is 0 Å². The average molecular weight is 230 g/mol. The van der Waals surface area contributed by atoms with E-state index in [4.69, 9.17) is 5.26 Å². The fourth-order valence-corrected chi connectivity index (χ4v) is 1.47. The Morgan fingerprint density at radius 1 is 1.47 bits per heavy atom. The van der Waals surface area contributed by atoms with E-state index in [1.165, 1.54) is 18.5 Å². The molecule has 0 aliphatic heterocycles. The van der Waals surface area contributed by atoms with Gasteiger partial charge in [-0.05, 0) is 25.1 Å². The van der Waals surface area contributed by atoms with Gasteiger partial charge in [0.05, 0.1) is 17.5 Å². The maximum absolute atomic E-state index is 13.1. The molecule has 2 aromatic rings. The molecule has 0 fully saturated rings. The lowest BCUT2D eigenvalue weighted by atomic mass is 10.2. The van der Waals surface area contributed by atoms with E-state index < -0.39 is 0 Å². The van der Waals surface area contributed by atoms with E-state index in [9.17, 15) is 4.39 Å². The van der Waals surface area contributed by atoms with Crippen molar-refractivity contribution in [2.24, 2.45) is 5.92 Å². The zero-order chi connectivity index (χ0) is 12.3. The Balaban J connectivity index is 2.34. The summed E-state index contributed by atoms with van der Waals surface area (Å²) >= 11 is 0. The van der Waals surface area contributed by atoms with Crippen LogP contribution in [0.5, 0.6) is 0 Å². The lowest BCUT2D eigenvalue weighted by molar-refractivity contribution is 0.629. The third kappa shape index (κ3) is 2.48. The molecule has 0 aliphatic rings. The van der Waals surface area contributed by atoms with Crippen LogP contribution in [-0.2, 0) is 0 Å². The van der Waals surface area contributed by atoms with Gasteiger partial charge in [0.1, 0.15) is 18.0 Å². The third-order valence-corrected chi connectivity index (χ3v) is 2.39. The second-order valence-electron chi connectivity index (χ2n) is 3.79. The summed E-state index contributed by atoms with van der Waals surface area (Å²) in [5, 5.41) is 12.3. The number of halogens is 1. The fourth-order valence-electron chi connectivity index (χ4n) is 1.47. The van der Waals surface area contributed by atoms with Crippen LogP contribution in [0, 0.1) is 23.1 Å². The molecule has 0 spiro atoms. The van der Waals surface area contributed by atoms with E-state index in [-0.39, 0.29) is 11.7 Å². The summed E-state index contributed by atoms with van der Waals surface area (Å²) in [6.07, 6.45) is 1.42. The quantitative estimate of drug-likeness (QED) is 0.879. The molecule has 0 aliphatic carbocycles. The zero-order valence-corrected chi connectivity index (χ0v) is 9.31. The van der Waals surface area contributed by atoms with E-state index in [1.54, 1.807) is 13.0 Å². The van der Waals surface area contributed by atoms with Crippen molar-refractivity contribution in [1.29, 1.82) is 5.26 Å². The van der Waals surface area contributed by atoms with Gasteiger partial charge in [0.2, 0.25) is 0 Å². The average Bonchev–Trinajstić information content (AvgIpc) is 2.35. The van der Waals surface area contributed by atoms with Gasteiger partial charge in [0.25, 0.3) is 0 Å². The minimum absolute atomic E-state index is 0.131. The van der Waals surface area contributed by atoms with Crippen LogP contribution in [0.4, 0.5) is 10.2 Å². The molecule has 86 valence electrons. The highest BCUT2D eigenvalue weighted by atomic mass is 19.1. The first-order valence-electron chi connectivity index (χ1n) is 5.24. The van der Waals surface area contributed by atoms with E-state index >= 15 is 0 Å². The molecule has 5 heteroatoms. The number of nitriles is 1. The Bertz CT molecular complexity index is 576. The second kappa shape index (κ2) is 4.74. The molecule has 1 aromatic carbocycles. The summed E-state index contributed by atoms with van der Waals surface area (Å²) in [5.41, 5.74) is 0.675. The molecule has 0 amide bonds. The first-order chi connectivity index (χ1) is 8.20. The largest absolute Gasteiger partial charge is 0.368 e. The Morgan fingerprint density at radius 2 is 2.29 bits per heavy atom.